The number of anilines is 1. The number of aromatic nitrogens is 2. The second kappa shape index (κ2) is 7.00. The van der Waals surface area contributed by atoms with E-state index in [2.05, 4.69) is 34.4 Å². The maximum atomic E-state index is 11.9. The topological polar surface area (TPSA) is 73.4 Å². The van der Waals surface area contributed by atoms with Crippen molar-refractivity contribution in [2.45, 2.75) is 51.0 Å². The van der Waals surface area contributed by atoms with Gasteiger partial charge < -0.3 is 19.9 Å². The molecule has 1 atom stereocenters. The highest BCUT2D eigenvalue weighted by Crippen LogP contribution is 2.36. The van der Waals surface area contributed by atoms with E-state index in [1.54, 1.807) is 0 Å². The Balaban J connectivity index is 1.71. The summed E-state index contributed by atoms with van der Waals surface area (Å²) in [7, 11) is 0. The number of ether oxygens (including phenoxy) is 1. The second-order valence-corrected chi connectivity index (χ2v) is 8.21. The first-order valence-electron chi connectivity index (χ1n) is 9.81. The molecule has 0 spiro atoms. The van der Waals surface area contributed by atoms with Gasteiger partial charge in [-0.05, 0) is 57.7 Å². The summed E-state index contributed by atoms with van der Waals surface area (Å²) in [5, 5.41) is 0. The van der Waals surface area contributed by atoms with Gasteiger partial charge in [-0.2, -0.15) is 0 Å². The lowest BCUT2D eigenvalue weighted by Crippen LogP contribution is -2.33. The molecule has 1 aromatic heterocycles. The molecule has 1 aromatic carbocycles. The largest absolute Gasteiger partial charge is 0.376 e. The van der Waals surface area contributed by atoms with Crippen LogP contribution in [0.25, 0.3) is 5.69 Å². The van der Waals surface area contributed by atoms with Gasteiger partial charge >= 0.3 is 0 Å². The summed E-state index contributed by atoms with van der Waals surface area (Å²) in [6, 6.07) is 5.90. The molecule has 0 aliphatic carbocycles. The van der Waals surface area contributed by atoms with E-state index in [-0.39, 0.29) is 11.5 Å². The average molecular weight is 368 g/mol. The number of carbonyl (C=O) groups is 1. The minimum absolute atomic E-state index is 0.129. The molecule has 2 N–H and O–H groups in total. The lowest BCUT2D eigenvalue weighted by molar-refractivity contribution is -0.0604. The highest BCUT2D eigenvalue weighted by molar-refractivity contribution is 5.99. The normalized spacial score (nSPS) is 22.1. The molecule has 6 nitrogen and oxygen atoms in total. The first kappa shape index (κ1) is 18.0. The van der Waals surface area contributed by atoms with Crippen LogP contribution in [-0.2, 0) is 4.74 Å². The number of rotatable bonds is 4. The molecular weight excluding hydrogens is 340 g/mol. The van der Waals surface area contributed by atoms with Crippen molar-refractivity contribution in [3.63, 3.8) is 0 Å². The molecule has 0 saturated carbocycles. The fourth-order valence-electron chi connectivity index (χ4n) is 4.39. The molecular formula is C21H28N4O2. The Morgan fingerprint density at radius 3 is 2.78 bits per heavy atom. The fourth-order valence-corrected chi connectivity index (χ4v) is 4.39. The van der Waals surface area contributed by atoms with Crippen molar-refractivity contribution in [1.29, 1.82) is 0 Å². The molecule has 1 unspecified atom stereocenters. The highest BCUT2D eigenvalue weighted by Gasteiger charge is 2.32. The lowest BCUT2D eigenvalue weighted by atomic mass is 9.87. The van der Waals surface area contributed by atoms with Crippen LogP contribution in [0.4, 0.5) is 5.69 Å². The molecule has 1 amide bonds. The third-order valence-corrected chi connectivity index (χ3v) is 5.70. The minimum atomic E-state index is -0.375. The third-order valence-electron chi connectivity index (χ3n) is 5.70. The van der Waals surface area contributed by atoms with Crippen LogP contribution in [0.3, 0.4) is 0 Å². The van der Waals surface area contributed by atoms with Gasteiger partial charge in [0.25, 0.3) is 5.91 Å². The van der Waals surface area contributed by atoms with Crippen LogP contribution < -0.4 is 10.6 Å². The van der Waals surface area contributed by atoms with Gasteiger partial charge in [0.2, 0.25) is 0 Å². The van der Waals surface area contributed by atoms with Crippen molar-refractivity contribution < 1.29 is 9.53 Å². The molecule has 3 heterocycles. The third kappa shape index (κ3) is 3.58. The maximum absolute atomic E-state index is 11.9. The molecule has 2 aliphatic heterocycles. The van der Waals surface area contributed by atoms with Gasteiger partial charge in [0.15, 0.2) is 0 Å². The number of primary amides is 1. The smallest absolute Gasteiger partial charge is 0.250 e. The highest BCUT2D eigenvalue weighted by atomic mass is 16.5. The van der Waals surface area contributed by atoms with Gasteiger partial charge in [-0.15, -0.1) is 0 Å². The Labute approximate surface area is 160 Å². The van der Waals surface area contributed by atoms with Crippen molar-refractivity contribution in [3.8, 4) is 5.69 Å². The van der Waals surface area contributed by atoms with Crippen LogP contribution in [0.2, 0.25) is 0 Å². The van der Waals surface area contributed by atoms with Crippen LogP contribution in [0, 0.1) is 0 Å². The molecule has 2 fully saturated rings. The first-order chi connectivity index (χ1) is 12.9. The molecule has 6 heteroatoms. The monoisotopic (exact) mass is 368 g/mol. The molecule has 144 valence electrons. The number of nitrogens with two attached hydrogens (primary N) is 1. The van der Waals surface area contributed by atoms with Crippen LogP contribution in [-0.4, -0.2) is 40.8 Å². The van der Waals surface area contributed by atoms with Crippen molar-refractivity contribution in [2.24, 2.45) is 5.73 Å². The van der Waals surface area contributed by atoms with Crippen molar-refractivity contribution in [2.75, 3.05) is 24.6 Å². The maximum Gasteiger partial charge on any atom is 0.250 e. The summed E-state index contributed by atoms with van der Waals surface area (Å²) in [5.74, 6) is 1.04. The van der Waals surface area contributed by atoms with Crippen LogP contribution in [0.15, 0.2) is 30.6 Å². The first-order valence-corrected chi connectivity index (χ1v) is 9.81. The van der Waals surface area contributed by atoms with Gasteiger partial charge in [-0.3, -0.25) is 4.79 Å². The molecule has 2 aliphatic rings. The summed E-state index contributed by atoms with van der Waals surface area (Å²) in [6.45, 7) is 6.96. The fraction of sp³-hybridized carbons (Fsp3) is 0.524. The zero-order valence-corrected chi connectivity index (χ0v) is 16.1. The quantitative estimate of drug-likeness (QED) is 0.899. The number of carbonyl (C=O) groups excluding carboxylic acids is 1. The standard InChI is InChI=1S/C21H28N4O2/c1-21(2)14-15(7-12-27-21)20-23-8-11-25(20)16-5-6-17(19(22)26)18(13-16)24-9-3-4-10-24/h5-6,8,11,13,15H,3-4,7,9-10,12,14H2,1-2H3,(H2,22,26). The Morgan fingerprint density at radius 2 is 2.07 bits per heavy atom. The van der Waals surface area contributed by atoms with Crippen molar-refractivity contribution in [1.82, 2.24) is 9.55 Å². The number of benzene rings is 1. The average Bonchev–Trinajstić information content (AvgIpc) is 3.32. The van der Waals surface area contributed by atoms with E-state index >= 15 is 0 Å². The Morgan fingerprint density at radius 1 is 1.30 bits per heavy atom. The van der Waals surface area contributed by atoms with Crippen LogP contribution >= 0.6 is 0 Å². The number of hydrogen-bond donors (Lipinski definition) is 1. The summed E-state index contributed by atoms with van der Waals surface area (Å²) >= 11 is 0. The van der Waals surface area contributed by atoms with E-state index in [4.69, 9.17) is 10.5 Å². The molecule has 0 radical (unpaired) electrons. The van der Waals surface area contributed by atoms with Crippen molar-refractivity contribution in [3.05, 3.63) is 42.0 Å². The summed E-state index contributed by atoms with van der Waals surface area (Å²) < 4.78 is 8.02. The van der Waals surface area contributed by atoms with E-state index in [1.807, 2.05) is 24.5 Å². The number of imidazole rings is 1. The zero-order valence-electron chi connectivity index (χ0n) is 16.1. The predicted molar refractivity (Wildman–Crippen MR) is 106 cm³/mol. The Bertz CT molecular complexity index is 836. The molecule has 27 heavy (non-hydrogen) atoms. The Hall–Kier alpha value is -2.34. The minimum Gasteiger partial charge on any atom is -0.376 e. The second-order valence-electron chi connectivity index (χ2n) is 8.21. The summed E-state index contributed by atoms with van der Waals surface area (Å²) in [4.78, 5) is 18.9. The van der Waals surface area contributed by atoms with Gasteiger partial charge in [0.1, 0.15) is 5.82 Å². The van der Waals surface area contributed by atoms with Crippen LogP contribution in [0.5, 0.6) is 0 Å². The van der Waals surface area contributed by atoms with Crippen LogP contribution in [0.1, 0.15) is 61.6 Å². The van der Waals surface area contributed by atoms with Gasteiger partial charge in [0.05, 0.1) is 16.9 Å². The number of hydrogen-bond acceptors (Lipinski definition) is 4. The van der Waals surface area contributed by atoms with E-state index in [9.17, 15) is 4.79 Å². The van der Waals surface area contributed by atoms with Gasteiger partial charge in [-0.1, -0.05) is 0 Å². The molecule has 2 saturated heterocycles. The van der Waals surface area contributed by atoms with Crippen molar-refractivity contribution >= 4 is 11.6 Å². The van der Waals surface area contributed by atoms with E-state index in [1.165, 1.54) is 0 Å². The summed E-state index contributed by atoms with van der Waals surface area (Å²) in [5.41, 5.74) is 8.05. The number of amides is 1. The van der Waals surface area contributed by atoms with E-state index in [0.29, 0.717) is 11.5 Å². The van der Waals surface area contributed by atoms with E-state index in [0.717, 1.165) is 62.6 Å². The van der Waals surface area contributed by atoms with Gasteiger partial charge in [0, 0.05) is 43.7 Å². The SMILES string of the molecule is CC1(C)CC(c2nccn2-c2ccc(C(N)=O)c(N3CCCC3)c2)CCO1. The molecule has 2 aromatic rings. The summed E-state index contributed by atoms with van der Waals surface area (Å²) in [6.07, 6.45) is 8.08. The number of nitrogens with zero attached hydrogens (tertiary/aromatic N) is 3. The van der Waals surface area contributed by atoms with E-state index < -0.39 is 0 Å². The Kier molecular flexibility index (Phi) is 4.68. The zero-order chi connectivity index (χ0) is 19.0. The molecule has 4 rings (SSSR count). The lowest BCUT2D eigenvalue weighted by Gasteiger charge is -2.35. The molecule has 0 bridgehead atoms. The van der Waals surface area contributed by atoms with Gasteiger partial charge in [-0.25, -0.2) is 4.98 Å². The predicted octanol–water partition coefficient (Wildman–Crippen LogP) is 3.24.